The molecule has 1 N–H and O–H groups in total. The van der Waals surface area contributed by atoms with E-state index in [0.29, 0.717) is 27.8 Å². The zero-order chi connectivity index (χ0) is 18.2. The van der Waals surface area contributed by atoms with Crippen molar-refractivity contribution >= 4 is 40.7 Å². The maximum atomic E-state index is 12.2. The molecule has 132 valence electrons. The Kier molecular flexibility index (Phi) is 7.16. The Hall–Kier alpha value is -2.18. The van der Waals surface area contributed by atoms with Gasteiger partial charge >= 0.3 is 0 Å². The van der Waals surface area contributed by atoms with Crippen LogP contribution < -0.4 is 14.8 Å². The average Bonchev–Trinajstić information content (AvgIpc) is 2.62. The second-order valence-corrected chi connectivity index (χ2v) is 6.46. The standard InChI is InChI=1S/C18H18ClNO4S/c1-23-16-8-3-12(9-17(16)24-2)15(21)10-25-11-18(22)20-14-6-4-13(19)5-7-14/h3-9H,10-11H2,1-2H3,(H,20,22). The third-order valence-electron chi connectivity index (χ3n) is 3.30. The number of hydrogen-bond donors (Lipinski definition) is 1. The zero-order valence-electron chi connectivity index (χ0n) is 13.9. The summed E-state index contributed by atoms with van der Waals surface area (Å²) in [6.07, 6.45) is 0. The number of rotatable bonds is 8. The molecule has 0 aromatic heterocycles. The molecule has 0 saturated carbocycles. The number of carbonyl (C=O) groups excluding carboxylic acids is 2. The van der Waals surface area contributed by atoms with Crippen molar-refractivity contribution in [3.05, 3.63) is 53.1 Å². The Balaban J connectivity index is 1.83. The number of nitrogens with one attached hydrogen (secondary N) is 1. The van der Waals surface area contributed by atoms with E-state index in [2.05, 4.69) is 5.32 Å². The van der Waals surface area contributed by atoms with E-state index in [1.807, 2.05) is 0 Å². The van der Waals surface area contributed by atoms with Crippen LogP contribution in [0, 0.1) is 0 Å². The molecule has 0 aliphatic heterocycles. The van der Waals surface area contributed by atoms with E-state index in [-0.39, 0.29) is 23.2 Å². The first kappa shape index (κ1) is 19.1. The fourth-order valence-corrected chi connectivity index (χ4v) is 2.90. The molecule has 2 rings (SSSR count). The molecular weight excluding hydrogens is 362 g/mol. The second-order valence-electron chi connectivity index (χ2n) is 5.04. The second kappa shape index (κ2) is 9.34. The molecule has 7 heteroatoms. The third-order valence-corrected chi connectivity index (χ3v) is 4.48. The molecule has 1 amide bonds. The van der Waals surface area contributed by atoms with Crippen molar-refractivity contribution in [2.75, 3.05) is 31.0 Å². The van der Waals surface area contributed by atoms with Crippen molar-refractivity contribution in [2.45, 2.75) is 0 Å². The molecule has 5 nitrogen and oxygen atoms in total. The lowest BCUT2D eigenvalue weighted by molar-refractivity contribution is -0.113. The average molecular weight is 380 g/mol. The van der Waals surface area contributed by atoms with E-state index in [0.717, 1.165) is 0 Å². The van der Waals surface area contributed by atoms with Crippen LogP contribution in [-0.4, -0.2) is 37.4 Å². The van der Waals surface area contributed by atoms with Crippen LogP contribution in [0.3, 0.4) is 0 Å². The minimum absolute atomic E-state index is 0.0785. The quantitative estimate of drug-likeness (QED) is 0.704. The van der Waals surface area contributed by atoms with Gasteiger partial charge < -0.3 is 14.8 Å². The summed E-state index contributed by atoms with van der Waals surface area (Å²) >= 11 is 7.04. The molecule has 0 bridgehead atoms. The number of carbonyl (C=O) groups is 2. The largest absolute Gasteiger partial charge is 0.493 e. The van der Waals surface area contributed by atoms with Crippen molar-refractivity contribution in [1.82, 2.24) is 0 Å². The third kappa shape index (κ3) is 5.69. The number of methoxy groups -OCH3 is 2. The predicted octanol–water partition coefficient (Wildman–Crippen LogP) is 3.91. The minimum atomic E-state index is -0.174. The van der Waals surface area contributed by atoms with Crippen LogP contribution in [0.5, 0.6) is 11.5 Å². The summed E-state index contributed by atoms with van der Waals surface area (Å²) in [7, 11) is 3.05. The van der Waals surface area contributed by atoms with E-state index in [9.17, 15) is 9.59 Å². The fraction of sp³-hybridized carbons (Fsp3) is 0.222. The predicted molar refractivity (Wildman–Crippen MR) is 101 cm³/mol. The summed E-state index contributed by atoms with van der Waals surface area (Å²) in [6.45, 7) is 0. The smallest absolute Gasteiger partial charge is 0.234 e. The Bertz CT molecular complexity index is 749. The van der Waals surface area contributed by atoms with Crippen LogP contribution in [0.25, 0.3) is 0 Å². The maximum Gasteiger partial charge on any atom is 0.234 e. The molecule has 0 fully saturated rings. The highest BCUT2D eigenvalue weighted by atomic mass is 35.5. The van der Waals surface area contributed by atoms with Gasteiger partial charge in [-0.2, -0.15) is 0 Å². The molecule has 2 aromatic rings. The van der Waals surface area contributed by atoms with Crippen LogP contribution in [0.2, 0.25) is 5.02 Å². The van der Waals surface area contributed by atoms with E-state index >= 15 is 0 Å². The van der Waals surface area contributed by atoms with Crippen LogP contribution in [-0.2, 0) is 4.79 Å². The molecule has 0 spiro atoms. The summed E-state index contributed by atoms with van der Waals surface area (Å²) in [4.78, 5) is 24.1. The lowest BCUT2D eigenvalue weighted by Crippen LogP contribution is -2.15. The fourth-order valence-electron chi connectivity index (χ4n) is 2.06. The number of thioether (sulfide) groups is 1. The summed E-state index contributed by atoms with van der Waals surface area (Å²) < 4.78 is 10.3. The Morgan fingerprint density at radius 2 is 1.68 bits per heavy atom. The van der Waals surface area contributed by atoms with Crippen LogP contribution in [0.1, 0.15) is 10.4 Å². The SMILES string of the molecule is COc1ccc(C(=O)CSCC(=O)Nc2ccc(Cl)cc2)cc1OC. The number of anilines is 1. The summed E-state index contributed by atoms with van der Waals surface area (Å²) in [5.74, 6) is 1.19. The highest BCUT2D eigenvalue weighted by molar-refractivity contribution is 8.00. The van der Waals surface area contributed by atoms with Gasteiger partial charge in [-0.1, -0.05) is 11.6 Å². The molecule has 0 unspecified atom stereocenters. The Labute approximate surface area is 155 Å². The van der Waals surface area contributed by atoms with E-state index in [1.165, 1.54) is 26.0 Å². The molecular formula is C18H18ClNO4S. The molecule has 0 atom stereocenters. The van der Waals surface area contributed by atoms with Gasteiger partial charge in [-0.3, -0.25) is 9.59 Å². The summed E-state index contributed by atoms with van der Waals surface area (Å²) in [5.41, 5.74) is 1.18. The van der Waals surface area contributed by atoms with E-state index in [1.54, 1.807) is 42.5 Å². The number of amides is 1. The van der Waals surface area contributed by atoms with Crippen molar-refractivity contribution in [3.8, 4) is 11.5 Å². The molecule has 0 radical (unpaired) electrons. The van der Waals surface area contributed by atoms with Crippen molar-refractivity contribution < 1.29 is 19.1 Å². The molecule has 0 aliphatic rings. The zero-order valence-corrected chi connectivity index (χ0v) is 15.4. The Morgan fingerprint density at radius 1 is 1.00 bits per heavy atom. The topological polar surface area (TPSA) is 64.6 Å². The van der Waals surface area contributed by atoms with E-state index in [4.69, 9.17) is 21.1 Å². The monoisotopic (exact) mass is 379 g/mol. The maximum absolute atomic E-state index is 12.2. The number of hydrogen-bond acceptors (Lipinski definition) is 5. The number of Topliss-reactive ketones (excluding diaryl/α,β-unsaturated/α-hetero) is 1. The molecule has 2 aromatic carbocycles. The van der Waals surface area contributed by atoms with Crippen molar-refractivity contribution in [1.29, 1.82) is 0 Å². The first-order chi connectivity index (χ1) is 12.0. The van der Waals surface area contributed by atoms with E-state index < -0.39 is 0 Å². The number of benzene rings is 2. The molecule has 0 heterocycles. The van der Waals surface area contributed by atoms with Gasteiger partial charge in [0.25, 0.3) is 0 Å². The molecule has 25 heavy (non-hydrogen) atoms. The number of ketones is 1. The highest BCUT2D eigenvalue weighted by Crippen LogP contribution is 2.28. The lowest BCUT2D eigenvalue weighted by atomic mass is 10.1. The first-order valence-corrected chi connectivity index (χ1v) is 8.95. The van der Waals surface area contributed by atoms with Crippen molar-refractivity contribution in [3.63, 3.8) is 0 Å². The Morgan fingerprint density at radius 3 is 2.32 bits per heavy atom. The van der Waals surface area contributed by atoms with Gasteiger partial charge in [0.05, 0.1) is 25.7 Å². The first-order valence-electron chi connectivity index (χ1n) is 7.42. The minimum Gasteiger partial charge on any atom is -0.493 e. The summed E-state index contributed by atoms with van der Waals surface area (Å²) in [6, 6.07) is 11.8. The van der Waals surface area contributed by atoms with Crippen LogP contribution in [0.15, 0.2) is 42.5 Å². The lowest BCUT2D eigenvalue weighted by Gasteiger charge is -2.09. The van der Waals surface area contributed by atoms with Gasteiger partial charge in [0.2, 0.25) is 5.91 Å². The van der Waals surface area contributed by atoms with Gasteiger partial charge in [0, 0.05) is 16.3 Å². The van der Waals surface area contributed by atoms with Gasteiger partial charge in [-0.25, -0.2) is 0 Å². The van der Waals surface area contributed by atoms with Crippen LogP contribution >= 0.6 is 23.4 Å². The van der Waals surface area contributed by atoms with Gasteiger partial charge in [0.15, 0.2) is 17.3 Å². The van der Waals surface area contributed by atoms with Crippen molar-refractivity contribution in [2.24, 2.45) is 0 Å². The summed E-state index contributed by atoms with van der Waals surface area (Å²) in [5, 5.41) is 3.35. The highest BCUT2D eigenvalue weighted by Gasteiger charge is 2.12. The normalized spacial score (nSPS) is 10.2. The van der Waals surface area contributed by atoms with Gasteiger partial charge in [0.1, 0.15) is 0 Å². The van der Waals surface area contributed by atoms with Crippen LogP contribution in [0.4, 0.5) is 5.69 Å². The number of halogens is 1. The number of ether oxygens (including phenoxy) is 2. The van der Waals surface area contributed by atoms with Gasteiger partial charge in [-0.15, -0.1) is 11.8 Å². The molecule has 0 aliphatic carbocycles. The molecule has 0 saturated heterocycles. The van der Waals surface area contributed by atoms with Gasteiger partial charge in [-0.05, 0) is 42.5 Å².